The highest BCUT2D eigenvalue weighted by molar-refractivity contribution is 7.22. The van der Waals surface area contributed by atoms with Gasteiger partial charge in [-0.3, -0.25) is 14.6 Å². The summed E-state index contributed by atoms with van der Waals surface area (Å²) in [6.45, 7) is 4.47. The normalized spacial score (nSPS) is 14.7. The molecule has 2 aromatic heterocycles. The Balaban J connectivity index is 1.45. The first kappa shape index (κ1) is 21.8. The number of rotatable bonds is 7. The van der Waals surface area contributed by atoms with E-state index in [9.17, 15) is 9.18 Å². The number of carbonyl (C=O) groups excluding carboxylic acids is 1. The number of hydrogen-bond donors (Lipinski definition) is 0. The van der Waals surface area contributed by atoms with E-state index >= 15 is 0 Å². The molecule has 0 saturated carbocycles. The standard InChI is InChI=1S/C24H24FN3O4S/c1-30-18-7-2-5-16-15-19(32-22(16)18)23(29)28(10-4-9-27-11-13-31-14-12-27)24-26-21-17(25)6-3-8-20(21)33-24/h2-3,5-8,15H,4,9-14H2,1H3. The van der Waals surface area contributed by atoms with Gasteiger partial charge in [0.2, 0.25) is 0 Å². The summed E-state index contributed by atoms with van der Waals surface area (Å²) in [5.41, 5.74) is 0.793. The van der Waals surface area contributed by atoms with Crippen LogP contribution in [0, 0.1) is 5.82 Å². The maximum Gasteiger partial charge on any atom is 0.295 e. The van der Waals surface area contributed by atoms with E-state index in [1.165, 1.54) is 17.4 Å². The molecule has 1 fully saturated rings. The van der Waals surface area contributed by atoms with Gasteiger partial charge < -0.3 is 13.9 Å². The quantitative estimate of drug-likeness (QED) is 0.395. The molecule has 0 bridgehead atoms. The maximum atomic E-state index is 14.3. The Hall–Kier alpha value is -3.01. The highest BCUT2D eigenvalue weighted by atomic mass is 32.1. The first-order valence-electron chi connectivity index (χ1n) is 10.9. The van der Waals surface area contributed by atoms with Gasteiger partial charge in [-0.05, 0) is 30.7 Å². The molecule has 33 heavy (non-hydrogen) atoms. The number of benzene rings is 2. The number of hydrogen-bond acceptors (Lipinski definition) is 7. The summed E-state index contributed by atoms with van der Waals surface area (Å²) in [5.74, 6) is 0.0481. The molecule has 2 aromatic carbocycles. The zero-order valence-corrected chi connectivity index (χ0v) is 19.1. The number of anilines is 1. The number of amides is 1. The second-order valence-electron chi connectivity index (χ2n) is 7.84. The van der Waals surface area contributed by atoms with Crippen LogP contribution in [0.3, 0.4) is 0 Å². The van der Waals surface area contributed by atoms with Gasteiger partial charge in [-0.25, -0.2) is 9.37 Å². The predicted molar refractivity (Wildman–Crippen MR) is 126 cm³/mol. The Kier molecular flexibility index (Phi) is 6.26. The van der Waals surface area contributed by atoms with E-state index in [0.29, 0.717) is 27.7 Å². The lowest BCUT2D eigenvalue weighted by Crippen LogP contribution is -2.39. The molecule has 5 rings (SSSR count). The minimum Gasteiger partial charge on any atom is -0.493 e. The van der Waals surface area contributed by atoms with Crippen molar-refractivity contribution in [3.8, 4) is 5.75 Å². The van der Waals surface area contributed by atoms with Gasteiger partial charge in [0.05, 0.1) is 25.0 Å². The average molecular weight is 470 g/mol. The smallest absolute Gasteiger partial charge is 0.295 e. The number of methoxy groups -OCH3 is 1. The summed E-state index contributed by atoms with van der Waals surface area (Å²) in [6, 6.07) is 12.1. The lowest BCUT2D eigenvalue weighted by atomic mass is 10.2. The Labute approximate surface area is 194 Å². The van der Waals surface area contributed by atoms with Gasteiger partial charge in [0.15, 0.2) is 22.2 Å². The second-order valence-corrected chi connectivity index (χ2v) is 8.85. The lowest BCUT2D eigenvalue weighted by molar-refractivity contribution is 0.0376. The van der Waals surface area contributed by atoms with Crippen LogP contribution in [0.25, 0.3) is 21.2 Å². The summed E-state index contributed by atoms with van der Waals surface area (Å²) < 4.78 is 31.7. The number of thiazole rings is 1. The molecule has 1 saturated heterocycles. The van der Waals surface area contributed by atoms with Gasteiger partial charge >= 0.3 is 0 Å². The minimum atomic E-state index is -0.399. The number of morpholine rings is 1. The monoisotopic (exact) mass is 469 g/mol. The first-order chi connectivity index (χ1) is 16.1. The molecule has 4 aromatic rings. The predicted octanol–water partition coefficient (Wildman–Crippen LogP) is 4.56. The van der Waals surface area contributed by atoms with E-state index < -0.39 is 5.82 Å². The van der Waals surface area contributed by atoms with E-state index in [2.05, 4.69) is 9.88 Å². The number of ether oxygens (including phenoxy) is 2. The molecule has 0 radical (unpaired) electrons. The van der Waals surface area contributed by atoms with E-state index in [1.807, 2.05) is 18.2 Å². The summed E-state index contributed by atoms with van der Waals surface area (Å²) in [5, 5.41) is 1.23. The topological polar surface area (TPSA) is 68.0 Å². The van der Waals surface area contributed by atoms with Gasteiger partial charge in [0.25, 0.3) is 5.91 Å². The maximum absolute atomic E-state index is 14.3. The molecule has 1 amide bonds. The van der Waals surface area contributed by atoms with Gasteiger partial charge in [0, 0.05) is 31.6 Å². The number of carbonyl (C=O) groups is 1. The fraction of sp³-hybridized carbons (Fsp3) is 0.333. The summed E-state index contributed by atoms with van der Waals surface area (Å²) in [4.78, 5) is 22.0. The Morgan fingerprint density at radius 2 is 2.06 bits per heavy atom. The third-order valence-corrected chi connectivity index (χ3v) is 6.78. The van der Waals surface area contributed by atoms with Crippen molar-refractivity contribution >= 4 is 43.6 Å². The molecule has 0 N–H and O–H groups in total. The minimum absolute atomic E-state index is 0.195. The van der Waals surface area contributed by atoms with Crippen molar-refractivity contribution in [3.63, 3.8) is 0 Å². The lowest BCUT2D eigenvalue weighted by Gasteiger charge is -2.27. The van der Waals surface area contributed by atoms with Crippen molar-refractivity contribution in [1.29, 1.82) is 0 Å². The van der Waals surface area contributed by atoms with Gasteiger partial charge in [-0.15, -0.1) is 0 Å². The van der Waals surface area contributed by atoms with Crippen molar-refractivity contribution in [1.82, 2.24) is 9.88 Å². The van der Waals surface area contributed by atoms with E-state index in [-0.39, 0.29) is 17.2 Å². The van der Waals surface area contributed by atoms with E-state index in [1.54, 1.807) is 30.2 Å². The molecular formula is C24H24FN3O4S. The molecule has 3 heterocycles. The zero-order chi connectivity index (χ0) is 22.8. The molecule has 1 aliphatic heterocycles. The van der Waals surface area contributed by atoms with Crippen LogP contribution in [-0.2, 0) is 4.74 Å². The number of nitrogens with zero attached hydrogens (tertiary/aromatic N) is 3. The molecule has 0 spiro atoms. The van der Waals surface area contributed by atoms with Gasteiger partial charge in [0.1, 0.15) is 11.3 Å². The van der Waals surface area contributed by atoms with Gasteiger partial charge in [-0.2, -0.15) is 0 Å². The first-order valence-corrected chi connectivity index (χ1v) is 11.7. The molecule has 172 valence electrons. The Morgan fingerprint density at radius 3 is 2.85 bits per heavy atom. The number of halogens is 1. The van der Waals surface area contributed by atoms with Crippen molar-refractivity contribution < 1.29 is 23.1 Å². The highest BCUT2D eigenvalue weighted by Gasteiger charge is 2.26. The summed E-state index contributed by atoms with van der Waals surface area (Å²) in [7, 11) is 1.56. The Bertz CT molecular complexity index is 1280. The fourth-order valence-corrected chi connectivity index (χ4v) is 5.02. The van der Waals surface area contributed by atoms with Crippen LogP contribution in [0.15, 0.2) is 46.9 Å². The zero-order valence-electron chi connectivity index (χ0n) is 18.3. The molecule has 9 heteroatoms. The number of para-hydroxylation sites is 2. The largest absolute Gasteiger partial charge is 0.493 e. The SMILES string of the molecule is COc1cccc2cc(C(=O)N(CCCN3CCOCC3)c3nc4c(F)cccc4s3)oc12. The van der Waals surface area contributed by atoms with Gasteiger partial charge in [-0.1, -0.05) is 29.5 Å². The van der Waals surface area contributed by atoms with Crippen molar-refractivity contribution in [2.75, 3.05) is 51.4 Å². The van der Waals surface area contributed by atoms with E-state index in [0.717, 1.165) is 44.7 Å². The van der Waals surface area contributed by atoms with Crippen LogP contribution in [0.4, 0.5) is 9.52 Å². The summed E-state index contributed by atoms with van der Waals surface area (Å²) >= 11 is 1.30. The molecule has 7 nitrogen and oxygen atoms in total. The second kappa shape index (κ2) is 9.46. The summed E-state index contributed by atoms with van der Waals surface area (Å²) in [6.07, 6.45) is 0.744. The molecular weight excluding hydrogens is 445 g/mol. The van der Waals surface area contributed by atoms with Crippen molar-refractivity contribution in [2.45, 2.75) is 6.42 Å². The third kappa shape index (κ3) is 4.44. The highest BCUT2D eigenvalue weighted by Crippen LogP contribution is 2.33. The van der Waals surface area contributed by atoms with Crippen molar-refractivity contribution in [2.24, 2.45) is 0 Å². The van der Waals surface area contributed by atoms with Crippen LogP contribution >= 0.6 is 11.3 Å². The molecule has 0 aliphatic carbocycles. The number of fused-ring (bicyclic) bond motifs is 2. The number of furan rings is 1. The third-order valence-electron chi connectivity index (χ3n) is 5.73. The molecule has 1 aliphatic rings. The average Bonchev–Trinajstić information content (AvgIpc) is 3.47. The molecule has 0 atom stereocenters. The molecule has 0 unspecified atom stereocenters. The van der Waals surface area contributed by atoms with Crippen LogP contribution in [0.5, 0.6) is 5.75 Å². The van der Waals surface area contributed by atoms with Crippen molar-refractivity contribution in [3.05, 3.63) is 54.0 Å². The van der Waals surface area contributed by atoms with E-state index in [4.69, 9.17) is 13.9 Å². The van der Waals surface area contributed by atoms with Crippen LogP contribution < -0.4 is 9.64 Å². The number of aromatic nitrogens is 1. The Morgan fingerprint density at radius 1 is 1.24 bits per heavy atom. The fourth-order valence-electron chi connectivity index (χ4n) is 4.02. The van der Waals surface area contributed by atoms with Crippen LogP contribution in [0.2, 0.25) is 0 Å². The van der Waals surface area contributed by atoms with Crippen LogP contribution in [0.1, 0.15) is 17.0 Å². The van der Waals surface area contributed by atoms with Crippen LogP contribution in [-0.4, -0.2) is 62.3 Å².